The summed E-state index contributed by atoms with van der Waals surface area (Å²) >= 11 is 12.3. The SMILES string of the molecule is Cc1cc(C(=O)Nc2cccc(F)c2)nc(Nc2c(Cl)cccc2Cl)n1. The van der Waals surface area contributed by atoms with Gasteiger partial charge in [-0.2, -0.15) is 0 Å². The van der Waals surface area contributed by atoms with E-state index in [1.807, 2.05) is 0 Å². The Balaban J connectivity index is 1.86. The quantitative estimate of drug-likeness (QED) is 0.640. The summed E-state index contributed by atoms with van der Waals surface area (Å²) in [4.78, 5) is 20.8. The molecule has 1 amide bonds. The Kier molecular flexibility index (Phi) is 5.35. The lowest BCUT2D eigenvalue weighted by atomic mass is 10.2. The summed E-state index contributed by atoms with van der Waals surface area (Å²) in [6.07, 6.45) is 0. The average molecular weight is 391 g/mol. The van der Waals surface area contributed by atoms with Crippen molar-refractivity contribution < 1.29 is 9.18 Å². The highest BCUT2D eigenvalue weighted by atomic mass is 35.5. The van der Waals surface area contributed by atoms with Gasteiger partial charge in [0.1, 0.15) is 11.5 Å². The van der Waals surface area contributed by atoms with Gasteiger partial charge in [-0.05, 0) is 43.3 Å². The van der Waals surface area contributed by atoms with Crippen LogP contribution in [0.15, 0.2) is 48.5 Å². The molecule has 0 bridgehead atoms. The Labute approximate surface area is 159 Å². The molecule has 0 unspecified atom stereocenters. The van der Waals surface area contributed by atoms with Crippen molar-refractivity contribution >= 4 is 46.4 Å². The fraction of sp³-hybridized carbons (Fsp3) is 0.0556. The van der Waals surface area contributed by atoms with Crippen LogP contribution in [0, 0.1) is 12.7 Å². The summed E-state index contributed by atoms with van der Waals surface area (Å²) in [6, 6.07) is 12.2. The van der Waals surface area contributed by atoms with E-state index in [1.165, 1.54) is 24.3 Å². The van der Waals surface area contributed by atoms with Crippen molar-refractivity contribution in [1.29, 1.82) is 0 Å². The van der Waals surface area contributed by atoms with Crippen LogP contribution >= 0.6 is 23.2 Å². The van der Waals surface area contributed by atoms with E-state index in [2.05, 4.69) is 20.6 Å². The van der Waals surface area contributed by atoms with Gasteiger partial charge in [0.15, 0.2) is 0 Å². The summed E-state index contributed by atoms with van der Waals surface area (Å²) in [5.74, 6) is -0.767. The fourth-order valence-corrected chi connectivity index (χ4v) is 2.72. The van der Waals surface area contributed by atoms with Crippen molar-refractivity contribution in [2.45, 2.75) is 6.92 Å². The molecule has 5 nitrogen and oxygen atoms in total. The fourth-order valence-electron chi connectivity index (χ4n) is 2.23. The summed E-state index contributed by atoms with van der Waals surface area (Å²) in [5.41, 5.74) is 1.45. The van der Waals surface area contributed by atoms with Crippen molar-refractivity contribution in [2.75, 3.05) is 10.6 Å². The first-order chi connectivity index (χ1) is 12.4. The third kappa shape index (κ3) is 4.28. The third-order valence-corrected chi connectivity index (χ3v) is 4.00. The lowest BCUT2D eigenvalue weighted by Crippen LogP contribution is -2.15. The molecule has 2 aromatic carbocycles. The Morgan fingerprint density at radius 1 is 1.04 bits per heavy atom. The molecule has 0 fully saturated rings. The van der Waals surface area contributed by atoms with E-state index in [9.17, 15) is 9.18 Å². The van der Waals surface area contributed by atoms with Gasteiger partial charge in [-0.15, -0.1) is 0 Å². The minimum absolute atomic E-state index is 0.118. The van der Waals surface area contributed by atoms with E-state index in [0.29, 0.717) is 27.1 Å². The summed E-state index contributed by atoms with van der Waals surface area (Å²) in [5, 5.41) is 6.31. The summed E-state index contributed by atoms with van der Waals surface area (Å²) in [6.45, 7) is 1.72. The standard InChI is InChI=1S/C18H13Cl2FN4O/c1-10-8-15(17(26)23-12-5-2-4-11(21)9-12)24-18(22-10)25-16-13(19)6-3-7-14(16)20/h2-9H,1H3,(H,23,26)(H,22,24,25). The van der Waals surface area contributed by atoms with Crippen molar-refractivity contribution in [3.05, 3.63) is 75.8 Å². The number of rotatable bonds is 4. The van der Waals surface area contributed by atoms with Crippen LogP contribution in [-0.4, -0.2) is 15.9 Å². The second kappa shape index (κ2) is 7.68. The predicted molar refractivity (Wildman–Crippen MR) is 101 cm³/mol. The molecule has 0 spiro atoms. The molecule has 3 aromatic rings. The van der Waals surface area contributed by atoms with Gasteiger partial charge in [0, 0.05) is 11.4 Å². The molecule has 0 saturated carbocycles. The van der Waals surface area contributed by atoms with Gasteiger partial charge in [0.05, 0.1) is 15.7 Å². The maximum absolute atomic E-state index is 13.3. The van der Waals surface area contributed by atoms with Gasteiger partial charge in [0.2, 0.25) is 5.95 Å². The van der Waals surface area contributed by atoms with Gasteiger partial charge in [-0.1, -0.05) is 35.3 Å². The lowest BCUT2D eigenvalue weighted by molar-refractivity contribution is 0.102. The highest BCUT2D eigenvalue weighted by Gasteiger charge is 2.13. The maximum atomic E-state index is 13.3. The summed E-state index contributed by atoms with van der Waals surface area (Å²) in [7, 11) is 0. The van der Waals surface area contributed by atoms with Gasteiger partial charge in [0.25, 0.3) is 5.91 Å². The molecule has 0 aliphatic rings. The molecule has 26 heavy (non-hydrogen) atoms. The Morgan fingerprint density at radius 3 is 2.42 bits per heavy atom. The van der Waals surface area contributed by atoms with Crippen LogP contribution in [0.4, 0.5) is 21.7 Å². The number of halogens is 3. The second-order valence-corrected chi connectivity index (χ2v) is 6.22. The zero-order valence-corrected chi connectivity index (χ0v) is 15.1. The largest absolute Gasteiger partial charge is 0.322 e. The number of nitrogens with zero attached hydrogens (tertiary/aromatic N) is 2. The molecule has 1 heterocycles. The molecule has 0 aliphatic carbocycles. The lowest BCUT2D eigenvalue weighted by Gasteiger charge is -2.11. The highest BCUT2D eigenvalue weighted by molar-refractivity contribution is 6.39. The molecule has 0 atom stereocenters. The van der Waals surface area contributed by atoms with Crippen LogP contribution in [0.5, 0.6) is 0 Å². The van der Waals surface area contributed by atoms with Crippen molar-refractivity contribution in [1.82, 2.24) is 9.97 Å². The van der Waals surface area contributed by atoms with Gasteiger partial charge in [-0.3, -0.25) is 4.79 Å². The molecule has 132 valence electrons. The molecule has 8 heteroatoms. The first-order valence-corrected chi connectivity index (χ1v) is 8.31. The van der Waals surface area contributed by atoms with Crippen molar-refractivity contribution in [2.24, 2.45) is 0 Å². The van der Waals surface area contributed by atoms with Crippen LogP contribution in [0.1, 0.15) is 16.2 Å². The van der Waals surface area contributed by atoms with E-state index in [0.717, 1.165) is 0 Å². The van der Waals surface area contributed by atoms with Crippen molar-refractivity contribution in [3.8, 4) is 0 Å². The molecular weight excluding hydrogens is 378 g/mol. The molecule has 2 N–H and O–H groups in total. The molecule has 0 radical (unpaired) electrons. The smallest absolute Gasteiger partial charge is 0.274 e. The van der Waals surface area contributed by atoms with Gasteiger partial charge < -0.3 is 10.6 Å². The number of nitrogens with one attached hydrogen (secondary N) is 2. The molecule has 1 aromatic heterocycles. The number of benzene rings is 2. The number of aryl methyl sites for hydroxylation is 1. The molecule has 3 rings (SSSR count). The maximum Gasteiger partial charge on any atom is 0.274 e. The first kappa shape index (κ1) is 18.1. The van der Waals surface area contributed by atoms with E-state index in [4.69, 9.17) is 23.2 Å². The number of hydrogen-bond donors (Lipinski definition) is 2. The van der Waals surface area contributed by atoms with Crippen LogP contribution < -0.4 is 10.6 Å². The van der Waals surface area contributed by atoms with E-state index >= 15 is 0 Å². The van der Waals surface area contributed by atoms with Crippen LogP contribution in [-0.2, 0) is 0 Å². The Morgan fingerprint density at radius 2 is 1.73 bits per heavy atom. The Hall–Kier alpha value is -2.70. The van der Waals surface area contributed by atoms with Crippen LogP contribution in [0.25, 0.3) is 0 Å². The number of carbonyl (C=O) groups excluding carboxylic acids is 1. The third-order valence-electron chi connectivity index (χ3n) is 3.37. The van der Waals surface area contributed by atoms with Gasteiger partial charge >= 0.3 is 0 Å². The number of amides is 1. The summed E-state index contributed by atoms with van der Waals surface area (Å²) < 4.78 is 13.3. The van der Waals surface area contributed by atoms with Crippen molar-refractivity contribution in [3.63, 3.8) is 0 Å². The first-order valence-electron chi connectivity index (χ1n) is 7.56. The number of anilines is 3. The Bertz CT molecular complexity index is 961. The average Bonchev–Trinajstić information content (AvgIpc) is 2.58. The molecular formula is C18H13Cl2FN4O. The minimum atomic E-state index is -0.491. The highest BCUT2D eigenvalue weighted by Crippen LogP contribution is 2.31. The molecule has 0 aliphatic heterocycles. The monoisotopic (exact) mass is 390 g/mol. The normalized spacial score (nSPS) is 10.5. The number of para-hydroxylation sites is 1. The van der Waals surface area contributed by atoms with Crippen LogP contribution in [0.3, 0.4) is 0 Å². The van der Waals surface area contributed by atoms with E-state index < -0.39 is 11.7 Å². The molecule has 0 saturated heterocycles. The van der Waals surface area contributed by atoms with E-state index in [1.54, 1.807) is 31.2 Å². The van der Waals surface area contributed by atoms with Gasteiger partial charge in [-0.25, -0.2) is 14.4 Å². The minimum Gasteiger partial charge on any atom is -0.322 e. The predicted octanol–water partition coefficient (Wildman–Crippen LogP) is 5.23. The number of hydrogen-bond acceptors (Lipinski definition) is 4. The number of carbonyl (C=O) groups is 1. The van der Waals surface area contributed by atoms with Crippen LogP contribution in [0.2, 0.25) is 10.0 Å². The topological polar surface area (TPSA) is 66.9 Å². The van der Waals surface area contributed by atoms with E-state index in [-0.39, 0.29) is 11.6 Å². The zero-order chi connectivity index (χ0) is 18.7. The number of aromatic nitrogens is 2. The zero-order valence-electron chi connectivity index (χ0n) is 13.6. The second-order valence-electron chi connectivity index (χ2n) is 5.40.